The Morgan fingerprint density at radius 1 is 1.50 bits per heavy atom. The number of nitrogens with zero attached hydrogens (tertiary/aromatic N) is 2. The third-order valence-corrected chi connectivity index (χ3v) is 0.428. The first-order valence-corrected chi connectivity index (χ1v) is 3.37. The third-order valence-electron chi connectivity index (χ3n) is 0.143. The maximum Gasteiger partial charge on any atom is 0.456 e. The Morgan fingerprint density at radius 3 is 1.80 bits per heavy atom. The molecule has 0 aromatic carbocycles. The van der Waals surface area contributed by atoms with Crippen molar-refractivity contribution in [2.75, 3.05) is 0 Å². The first kappa shape index (κ1) is 11.8. The van der Waals surface area contributed by atoms with E-state index in [9.17, 15) is 8.42 Å². The van der Waals surface area contributed by atoms with Crippen molar-refractivity contribution in [2.24, 2.45) is 0 Å². The first-order valence-electron chi connectivity index (χ1n) is 1.56. The van der Waals surface area contributed by atoms with Crippen LogP contribution in [0.3, 0.4) is 0 Å². The second-order valence-electron chi connectivity index (χ2n) is 0.702. The van der Waals surface area contributed by atoms with Crippen molar-refractivity contribution in [3.8, 4) is 11.7 Å². The van der Waals surface area contributed by atoms with Crippen LogP contribution in [0.15, 0.2) is 0 Å². The molecule has 10 heavy (non-hydrogen) atoms. The Hall–Kier alpha value is -0.960. The standard InChI is InChI=1S/CHNO4S.CHNS/c2-1-6-7(3,4)5;2-1-3/h(H,3,4,5);3H. The fourth-order valence-electron chi connectivity index (χ4n) is 0.0471. The molecule has 0 radical (unpaired) electrons. The molecule has 0 rings (SSSR count). The number of rotatable bonds is 1. The molecule has 0 unspecified atom stereocenters. The van der Waals surface area contributed by atoms with Crippen LogP contribution in [-0.4, -0.2) is 13.0 Å². The van der Waals surface area contributed by atoms with Crippen LogP contribution in [0, 0.1) is 22.2 Å². The Labute approximate surface area is 63.0 Å². The van der Waals surface area contributed by atoms with Gasteiger partial charge in [0.15, 0.2) is 0 Å². The molecule has 0 saturated carbocycles. The molecular formula is C2H2N2O4S2. The molecule has 0 saturated heterocycles. The van der Waals surface area contributed by atoms with Gasteiger partial charge in [0.1, 0.15) is 5.40 Å². The SMILES string of the molecule is N#COS(=O)(=O)O.N#CS. The highest BCUT2D eigenvalue weighted by molar-refractivity contribution is 7.85. The van der Waals surface area contributed by atoms with Crippen LogP contribution in [0.5, 0.6) is 0 Å². The molecule has 0 heterocycles. The van der Waals surface area contributed by atoms with Gasteiger partial charge >= 0.3 is 16.7 Å². The molecule has 0 bridgehead atoms. The number of thiol groups is 1. The quantitative estimate of drug-likeness (QED) is 0.326. The van der Waals surface area contributed by atoms with E-state index in [0.29, 0.717) is 0 Å². The summed E-state index contributed by atoms with van der Waals surface area (Å²) in [7, 11) is -4.54. The average molecular weight is 182 g/mol. The van der Waals surface area contributed by atoms with E-state index < -0.39 is 10.4 Å². The second-order valence-corrected chi connectivity index (χ2v) is 1.92. The van der Waals surface area contributed by atoms with Crippen molar-refractivity contribution in [3.63, 3.8) is 0 Å². The maximum absolute atomic E-state index is 9.34. The molecule has 0 aliphatic rings. The van der Waals surface area contributed by atoms with E-state index in [0.717, 1.165) is 6.26 Å². The summed E-state index contributed by atoms with van der Waals surface area (Å²) in [6, 6.07) is 0. The minimum Gasteiger partial charge on any atom is -0.281 e. The Bertz CT molecular complexity index is 243. The van der Waals surface area contributed by atoms with Crippen LogP contribution in [0.1, 0.15) is 0 Å². The van der Waals surface area contributed by atoms with Gasteiger partial charge in [-0.3, -0.25) is 8.74 Å². The summed E-state index contributed by atoms with van der Waals surface area (Å²) in [6.07, 6.45) is 0.770. The average Bonchev–Trinajstić information content (AvgIpc) is 1.63. The minimum absolute atomic E-state index is 0.770. The summed E-state index contributed by atoms with van der Waals surface area (Å²) < 4.78 is 29.3. The fourth-order valence-corrected chi connectivity index (χ4v) is 0.141. The first-order chi connectivity index (χ1) is 4.47. The van der Waals surface area contributed by atoms with Crippen molar-refractivity contribution in [1.82, 2.24) is 0 Å². The predicted octanol–water partition coefficient (Wildman–Crippen LogP) is -0.316. The van der Waals surface area contributed by atoms with Gasteiger partial charge in [-0.05, 0) is 0 Å². The third kappa shape index (κ3) is 27.8. The molecule has 0 fully saturated rings. The summed E-state index contributed by atoms with van der Waals surface area (Å²) in [5.74, 6) is 0. The summed E-state index contributed by atoms with van der Waals surface area (Å²) in [5, 5.41) is 16.0. The van der Waals surface area contributed by atoms with Gasteiger partial charge in [0.05, 0.1) is 0 Å². The van der Waals surface area contributed by atoms with Crippen molar-refractivity contribution < 1.29 is 17.2 Å². The van der Waals surface area contributed by atoms with Gasteiger partial charge in [-0.2, -0.15) is 13.7 Å². The Kier molecular flexibility index (Phi) is 7.27. The normalized spacial score (nSPS) is 7.60. The van der Waals surface area contributed by atoms with Crippen molar-refractivity contribution in [3.05, 3.63) is 0 Å². The Morgan fingerprint density at radius 2 is 1.80 bits per heavy atom. The van der Waals surface area contributed by atoms with Crippen LogP contribution >= 0.6 is 12.6 Å². The van der Waals surface area contributed by atoms with Gasteiger partial charge < -0.3 is 0 Å². The molecule has 0 spiro atoms. The highest BCUT2D eigenvalue weighted by atomic mass is 32.3. The monoisotopic (exact) mass is 182 g/mol. The smallest absolute Gasteiger partial charge is 0.281 e. The zero-order valence-corrected chi connectivity index (χ0v) is 6.13. The predicted molar refractivity (Wildman–Crippen MR) is 32.8 cm³/mol. The topological polar surface area (TPSA) is 111 Å². The van der Waals surface area contributed by atoms with Gasteiger partial charge in [0, 0.05) is 0 Å². The summed E-state index contributed by atoms with van der Waals surface area (Å²) in [5.41, 5.74) is 0. The van der Waals surface area contributed by atoms with E-state index >= 15 is 0 Å². The molecule has 0 amide bonds. The van der Waals surface area contributed by atoms with Gasteiger partial charge in [-0.25, -0.2) is 0 Å². The molecule has 0 aliphatic heterocycles. The molecule has 8 heteroatoms. The van der Waals surface area contributed by atoms with Crippen LogP contribution < -0.4 is 0 Å². The van der Waals surface area contributed by atoms with Crippen molar-refractivity contribution in [1.29, 1.82) is 10.5 Å². The van der Waals surface area contributed by atoms with E-state index in [1.165, 1.54) is 5.40 Å². The van der Waals surface area contributed by atoms with E-state index in [-0.39, 0.29) is 0 Å². The number of thiocyanates is 1. The molecule has 56 valence electrons. The van der Waals surface area contributed by atoms with Crippen LogP contribution in [0.25, 0.3) is 0 Å². The fraction of sp³-hybridized carbons (Fsp3) is 0. The molecule has 0 aromatic rings. The van der Waals surface area contributed by atoms with Crippen LogP contribution in [0.2, 0.25) is 0 Å². The van der Waals surface area contributed by atoms with E-state index in [2.05, 4.69) is 16.8 Å². The van der Waals surface area contributed by atoms with Gasteiger partial charge in [-0.1, -0.05) is 12.6 Å². The zero-order valence-electron chi connectivity index (χ0n) is 4.42. The molecule has 0 aliphatic carbocycles. The lowest BCUT2D eigenvalue weighted by Gasteiger charge is -1.80. The summed E-state index contributed by atoms with van der Waals surface area (Å²) >= 11 is 3.09. The zero-order chi connectivity index (χ0) is 8.62. The number of hydrogen-bond donors (Lipinski definition) is 2. The highest BCUT2D eigenvalue weighted by Crippen LogP contribution is 1.78. The Balaban J connectivity index is 0. The van der Waals surface area contributed by atoms with Gasteiger partial charge in [-0.15, -0.1) is 5.26 Å². The van der Waals surface area contributed by atoms with Crippen molar-refractivity contribution in [2.45, 2.75) is 0 Å². The molecule has 6 nitrogen and oxygen atoms in total. The van der Waals surface area contributed by atoms with Crippen LogP contribution in [0.4, 0.5) is 0 Å². The highest BCUT2D eigenvalue weighted by Gasteiger charge is 1.99. The molecule has 1 N–H and O–H groups in total. The lowest BCUT2D eigenvalue weighted by Crippen LogP contribution is -1.96. The summed E-state index contributed by atoms with van der Waals surface area (Å²) in [6.45, 7) is 0. The summed E-state index contributed by atoms with van der Waals surface area (Å²) in [4.78, 5) is 0. The molecule has 0 atom stereocenters. The lowest BCUT2D eigenvalue weighted by molar-refractivity contribution is 0.367. The largest absolute Gasteiger partial charge is 0.456 e. The number of hydrogen-bond acceptors (Lipinski definition) is 6. The van der Waals surface area contributed by atoms with Crippen LogP contribution in [-0.2, 0) is 14.6 Å². The van der Waals surface area contributed by atoms with E-state index in [1.54, 1.807) is 0 Å². The maximum atomic E-state index is 9.34. The number of nitriles is 2. The van der Waals surface area contributed by atoms with E-state index in [1.807, 2.05) is 0 Å². The molecule has 0 aromatic heterocycles. The van der Waals surface area contributed by atoms with Gasteiger partial charge in [0.25, 0.3) is 0 Å². The lowest BCUT2D eigenvalue weighted by atomic mass is 11.6. The van der Waals surface area contributed by atoms with Crippen molar-refractivity contribution >= 4 is 23.0 Å². The minimum atomic E-state index is -4.54. The second kappa shape index (κ2) is 6.16. The molecular weight excluding hydrogens is 180 g/mol. The van der Waals surface area contributed by atoms with E-state index in [4.69, 9.17) is 15.1 Å². The van der Waals surface area contributed by atoms with Gasteiger partial charge in [0.2, 0.25) is 0 Å².